The molecule has 2 atom stereocenters. The fourth-order valence-electron chi connectivity index (χ4n) is 3.70. The summed E-state index contributed by atoms with van der Waals surface area (Å²) in [6.45, 7) is 2.10. The van der Waals surface area contributed by atoms with E-state index >= 15 is 4.39 Å². The van der Waals surface area contributed by atoms with Crippen LogP contribution in [0.3, 0.4) is 0 Å². The average molecular weight is 529 g/mol. The number of likely N-dealkylation sites (N-methyl/N-ethyl adjacent to an activating group) is 1. The molecule has 0 amide bonds. The van der Waals surface area contributed by atoms with Crippen molar-refractivity contribution in [2.45, 2.75) is 102 Å². The number of halogens is 1. The van der Waals surface area contributed by atoms with Crippen LogP contribution in [-0.2, 0) is 23.1 Å². The second-order valence-electron chi connectivity index (χ2n) is 10.8. The van der Waals surface area contributed by atoms with Crippen LogP contribution in [0, 0.1) is 0 Å². The first-order valence-corrected chi connectivity index (χ1v) is 15.2. The number of alkyl halides is 1. The highest BCUT2D eigenvalue weighted by Crippen LogP contribution is 2.44. The second kappa shape index (κ2) is 20.9. The zero-order chi connectivity index (χ0) is 26.5. The lowest BCUT2D eigenvalue weighted by Crippen LogP contribution is -2.40. The zero-order valence-electron chi connectivity index (χ0n) is 23.4. The lowest BCUT2D eigenvalue weighted by atomic mass is 10.0. The van der Waals surface area contributed by atoms with Gasteiger partial charge in [0.15, 0.2) is 5.67 Å². The Bertz CT molecular complexity index is 534. The van der Waals surface area contributed by atoms with Crippen LogP contribution in [-0.4, -0.2) is 82.9 Å². The fraction of sp³-hybridized carbons (Fsp3) is 1.00. The van der Waals surface area contributed by atoms with Gasteiger partial charge in [-0.2, -0.15) is 0 Å². The van der Waals surface area contributed by atoms with E-state index in [0.717, 1.165) is 12.8 Å². The van der Waals surface area contributed by atoms with Crippen molar-refractivity contribution in [1.82, 2.24) is 0 Å². The molecule has 35 heavy (non-hydrogen) atoms. The maximum Gasteiger partial charge on any atom is 0.472 e. The second-order valence-corrected chi connectivity index (χ2v) is 12.3. The smallest absolute Gasteiger partial charge is 0.381 e. The zero-order valence-corrected chi connectivity index (χ0v) is 24.3. The summed E-state index contributed by atoms with van der Waals surface area (Å²) < 4.78 is 47.9. The molecule has 0 saturated heterocycles. The Hall–Kier alpha value is -0.0800. The molecule has 0 aliphatic rings. The molecule has 0 heterocycles. The van der Waals surface area contributed by atoms with E-state index in [1.54, 1.807) is 0 Å². The normalized spacial score (nSPS) is 15.7. The third-order valence-electron chi connectivity index (χ3n) is 5.91. The van der Waals surface area contributed by atoms with E-state index in [4.69, 9.17) is 18.5 Å². The predicted molar refractivity (Wildman–Crippen MR) is 141 cm³/mol. The van der Waals surface area contributed by atoms with Gasteiger partial charge >= 0.3 is 7.82 Å². The quantitative estimate of drug-likeness (QED) is 0.0767. The molecule has 0 bridgehead atoms. The highest BCUT2D eigenvalue weighted by Gasteiger charge is 2.35. The van der Waals surface area contributed by atoms with Gasteiger partial charge in [0, 0.05) is 13.7 Å². The third-order valence-corrected chi connectivity index (χ3v) is 6.87. The van der Waals surface area contributed by atoms with Gasteiger partial charge in [-0.25, -0.2) is 8.96 Å². The van der Waals surface area contributed by atoms with Crippen LogP contribution in [0.5, 0.6) is 0 Å². The summed E-state index contributed by atoms with van der Waals surface area (Å²) in [6, 6.07) is 0. The Balaban J connectivity index is 3.81. The van der Waals surface area contributed by atoms with Crippen molar-refractivity contribution >= 4 is 7.82 Å². The molecular formula is C26H56FNO6P+. The summed E-state index contributed by atoms with van der Waals surface area (Å²) >= 11 is 0. The minimum atomic E-state index is -4.34. The van der Waals surface area contributed by atoms with Crippen LogP contribution in [0.15, 0.2) is 0 Å². The lowest BCUT2D eigenvalue weighted by Gasteiger charge is -2.26. The number of unbranched alkanes of at least 4 members (excludes halogenated alkanes) is 13. The molecule has 212 valence electrons. The Morgan fingerprint density at radius 1 is 0.743 bits per heavy atom. The maximum absolute atomic E-state index is 15.0. The molecule has 0 aromatic heterocycles. The van der Waals surface area contributed by atoms with E-state index in [-0.39, 0.29) is 19.8 Å². The van der Waals surface area contributed by atoms with Gasteiger partial charge in [-0.15, -0.1) is 0 Å². The lowest BCUT2D eigenvalue weighted by molar-refractivity contribution is -0.870. The number of hydrogen-bond acceptors (Lipinski definition) is 5. The van der Waals surface area contributed by atoms with Gasteiger partial charge in [-0.3, -0.25) is 9.05 Å². The first kappa shape index (κ1) is 34.9. The summed E-state index contributed by atoms with van der Waals surface area (Å²) in [5.41, 5.74) is -2.01. The van der Waals surface area contributed by atoms with Crippen molar-refractivity contribution in [3.63, 3.8) is 0 Å². The SMILES string of the molecule is CCCCCCCCCCCCCCCCOC[C@](F)(COC)COP(=O)(O)OCC[N+](C)(C)C. The van der Waals surface area contributed by atoms with E-state index < -0.39 is 20.1 Å². The Labute approximate surface area is 215 Å². The number of ether oxygens (including phenoxy) is 2. The van der Waals surface area contributed by atoms with Crippen molar-refractivity contribution in [2.75, 3.05) is 67.8 Å². The molecule has 0 spiro atoms. The van der Waals surface area contributed by atoms with Crippen molar-refractivity contribution < 1.29 is 36.9 Å². The summed E-state index contributed by atoms with van der Waals surface area (Å²) in [7, 11) is 2.85. The Kier molecular flexibility index (Phi) is 20.9. The van der Waals surface area contributed by atoms with Crippen molar-refractivity contribution in [3.8, 4) is 0 Å². The molecule has 0 rings (SSSR count). The molecule has 0 aromatic rings. The summed E-state index contributed by atoms with van der Waals surface area (Å²) in [5.74, 6) is 0. The summed E-state index contributed by atoms with van der Waals surface area (Å²) in [5, 5.41) is 0. The van der Waals surface area contributed by atoms with Crippen LogP contribution in [0.1, 0.15) is 96.8 Å². The fourth-order valence-corrected chi connectivity index (χ4v) is 4.48. The van der Waals surface area contributed by atoms with E-state index in [2.05, 4.69) is 6.92 Å². The van der Waals surface area contributed by atoms with Gasteiger partial charge in [-0.1, -0.05) is 90.4 Å². The van der Waals surface area contributed by atoms with E-state index in [0.29, 0.717) is 17.6 Å². The Morgan fingerprint density at radius 2 is 1.23 bits per heavy atom. The van der Waals surface area contributed by atoms with Crippen molar-refractivity contribution in [2.24, 2.45) is 0 Å². The first-order chi connectivity index (χ1) is 16.5. The largest absolute Gasteiger partial charge is 0.472 e. The van der Waals surface area contributed by atoms with E-state index in [1.165, 1.54) is 84.2 Å². The van der Waals surface area contributed by atoms with Gasteiger partial charge < -0.3 is 18.9 Å². The average Bonchev–Trinajstić information content (AvgIpc) is 2.77. The van der Waals surface area contributed by atoms with Crippen molar-refractivity contribution in [1.29, 1.82) is 0 Å². The molecule has 0 radical (unpaired) electrons. The van der Waals surface area contributed by atoms with Crippen LogP contribution in [0.2, 0.25) is 0 Å². The van der Waals surface area contributed by atoms with Gasteiger partial charge in [0.25, 0.3) is 0 Å². The van der Waals surface area contributed by atoms with Gasteiger partial charge in [0.1, 0.15) is 13.2 Å². The van der Waals surface area contributed by atoms with Crippen molar-refractivity contribution in [3.05, 3.63) is 0 Å². The molecule has 7 nitrogen and oxygen atoms in total. The molecular weight excluding hydrogens is 472 g/mol. The minimum Gasteiger partial charge on any atom is -0.381 e. The van der Waals surface area contributed by atoms with Crippen LogP contribution in [0.4, 0.5) is 4.39 Å². The third kappa shape index (κ3) is 24.0. The van der Waals surface area contributed by atoms with Crippen LogP contribution < -0.4 is 0 Å². The molecule has 9 heteroatoms. The standard InChI is InChI=1S/C26H55FNO6P/c1-6-7-8-9-10-11-12-13-14-15-16-17-18-19-21-32-24-26(27,23-31-5)25-34-35(29,30)33-22-20-28(2,3)4/h6-25H2,1-5H3/p+1/t26-/m1/s1. The summed E-state index contributed by atoms with van der Waals surface area (Å²) in [4.78, 5) is 9.81. The number of nitrogens with zero attached hydrogens (tertiary/aromatic N) is 1. The van der Waals surface area contributed by atoms with Gasteiger partial charge in [-0.05, 0) is 6.42 Å². The highest BCUT2D eigenvalue weighted by atomic mass is 31.2. The molecule has 0 aromatic carbocycles. The van der Waals surface area contributed by atoms with E-state index in [1.807, 2.05) is 21.1 Å². The van der Waals surface area contributed by atoms with E-state index in [9.17, 15) is 9.46 Å². The topological polar surface area (TPSA) is 74.2 Å². The number of methoxy groups -OCH3 is 1. The monoisotopic (exact) mass is 528 g/mol. The highest BCUT2D eigenvalue weighted by molar-refractivity contribution is 7.47. The first-order valence-electron chi connectivity index (χ1n) is 13.7. The van der Waals surface area contributed by atoms with Crippen LogP contribution in [0.25, 0.3) is 0 Å². The maximum atomic E-state index is 15.0. The number of phosphoric ester groups is 1. The summed E-state index contributed by atoms with van der Waals surface area (Å²) in [6.07, 6.45) is 17.9. The number of hydrogen-bond donors (Lipinski definition) is 1. The van der Waals surface area contributed by atoms with Crippen LogP contribution >= 0.6 is 7.82 Å². The molecule has 0 aliphatic carbocycles. The molecule has 0 fully saturated rings. The number of quaternary nitrogens is 1. The Morgan fingerprint density at radius 3 is 1.69 bits per heavy atom. The number of rotatable bonds is 26. The minimum absolute atomic E-state index is 0.0382. The van der Waals surface area contributed by atoms with Gasteiger partial charge in [0.05, 0.1) is 41.0 Å². The molecule has 1 unspecified atom stereocenters. The number of phosphoric acid groups is 1. The molecule has 0 aliphatic heterocycles. The predicted octanol–water partition coefficient (Wildman–Crippen LogP) is 6.68. The molecule has 1 N–H and O–H groups in total. The molecule has 0 saturated carbocycles. The van der Waals surface area contributed by atoms with Gasteiger partial charge in [0.2, 0.25) is 0 Å².